The van der Waals surface area contributed by atoms with Gasteiger partial charge < -0.3 is 16.0 Å². The monoisotopic (exact) mass is 353 g/mol. The number of carbonyl (C=O) groups is 1. The molecule has 2 fully saturated rings. The zero-order valence-corrected chi connectivity index (χ0v) is 15.4. The van der Waals surface area contributed by atoms with Crippen molar-refractivity contribution in [2.45, 2.75) is 75.8 Å². The summed E-state index contributed by atoms with van der Waals surface area (Å²) in [4.78, 5) is 14.5. The Balaban J connectivity index is 0.00000220. The Labute approximate surface area is 147 Å². The topological polar surface area (TPSA) is 58.4 Å². The van der Waals surface area contributed by atoms with Gasteiger partial charge in [-0.2, -0.15) is 0 Å². The first-order chi connectivity index (χ1) is 9.62. The summed E-state index contributed by atoms with van der Waals surface area (Å²) in [6.45, 7) is 1.83. The van der Waals surface area contributed by atoms with Crippen LogP contribution in [0.2, 0.25) is 0 Å². The number of hydrogen-bond acceptors (Lipinski definition) is 3. The maximum Gasteiger partial charge on any atom is 0.240 e. The van der Waals surface area contributed by atoms with Crippen LogP contribution in [-0.4, -0.2) is 42.5 Å². The van der Waals surface area contributed by atoms with Crippen LogP contribution in [0.1, 0.15) is 64.2 Å². The van der Waals surface area contributed by atoms with Crippen LogP contribution in [0.5, 0.6) is 0 Å². The predicted octanol–water partition coefficient (Wildman–Crippen LogP) is 2.87. The maximum absolute atomic E-state index is 12.1. The average molecular weight is 354 g/mol. The summed E-state index contributed by atoms with van der Waals surface area (Å²) < 4.78 is 0. The van der Waals surface area contributed by atoms with Crippen LogP contribution in [0.25, 0.3) is 0 Å². The molecular formula is C16H33Cl2N3O. The van der Waals surface area contributed by atoms with E-state index in [4.69, 9.17) is 5.73 Å². The molecule has 0 heterocycles. The Morgan fingerprint density at radius 1 is 1.14 bits per heavy atom. The molecule has 2 rings (SSSR count). The molecule has 6 heteroatoms. The van der Waals surface area contributed by atoms with E-state index in [0.29, 0.717) is 0 Å². The SMILES string of the molecule is CN(CCCNC(=O)C1(N)CCCC1)C1CCCCC1.Cl.Cl. The third-order valence-corrected chi connectivity index (χ3v) is 5.12. The molecule has 0 atom stereocenters. The molecule has 2 aliphatic carbocycles. The van der Waals surface area contributed by atoms with E-state index >= 15 is 0 Å². The van der Waals surface area contributed by atoms with Gasteiger partial charge in [-0.15, -0.1) is 24.8 Å². The summed E-state index contributed by atoms with van der Waals surface area (Å²) in [7, 11) is 2.22. The number of rotatable bonds is 6. The van der Waals surface area contributed by atoms with E-state index in [0.717, 1.165) is 51.2 Å². The highest BCUT2D eigenvalue weighted by Gasteiger charge is 2.36. The Morgan fingerprint density at radius 2 is 1.73 bits per heavy atom. The van der Waals surface area contributed by atoms with Crippen LogP contribution in [0, 0.1) is 0 Å². The fourth-order valence-electron chi connectivity index (χ4n) is 3.64. The lowest BCUT2D eigenvalue weighted by Gasteiger charge is -2.31. The zero-order chi connectivity index (χ0) is 14.4. The van der Waals surface area contributed by atoms with Crippen molar-refractivity contribution in [2.75, 3.05) is 20.1 Å². The molecule has 4 nitrogen and oxygen atoms in total. The highest BCUT2D eigenvalue weighted by atomic mass is 35.5. The number of nitrogens with one attached hydrogen (secondary N) is 1. The fraction of sp³-hybridized carbons (Fsp3) is 0.938. The molecule has 0 radical (unpaired) electrons. The second-order valence-corrected chi connectivity index (χ2v) is 6.75. The highest BCUT2D eigenvalue weighted by molar-refractivity contribution is 5.86. The van der Waals surface area contributed by atoms with Crippen LogP contribution in [0.3, 0.4) is 0 Å². The lowest BCUT2D eigenvalue weighted by Crippen LogP contribution is -2.52. The predicted molar refractivity (Wildman–Crippen MR) is 97.0 cm³/mol. The van der Waals surface area contributed by atoms with Crippen molar-refractivity contribution >= 4 is 30.7 Å². The third-order valence-electron chi connectivity index (χ3n) is 5.12. The molecule has 0 unspecified atom stereocenters. The van der Waals surface area contributed by atoms with E-state index in [2.05, 4.69) is 17.3 Å². The van der Waals surface area contributed by atoms with Gasteiger partial charge in [0.05, 0.1) is 5.54 Å². The van der Waals surface area contributed by atoms with Crippen molar-refractivity contribution in [2.24, 2.45) is 5.73 Å². The van der Waals surface area contributed by atoms with Gasteiger partial charge in [0, 0.05) is 12.6 Å². The van der Waals surface area contributed by atoms with Crippen molar-refractivity contribution in [1.82, 2.24) is 10.2 Å². The second-order valence-electron chi connectivity index (χ2n) is 6.75. The van der Waals surface area contributed by atoms with Crippen molar-refractivity contribution in [3.05, 3.63) is 0 Å². The fourth-order valence-corrected chi connectivity index (χ4v) is 3.64. The Kier molecular flexibility index (Phi) is 10.7. The number of nitrogens with zero attached hydrogens (tertiary/aromatic N) is 1. The summed E-state index contributed by atoms with van der Waals surface area (Å²) in [6, 6.07) is 0.759. The summed E-state index contributed by atoms with van der Waals surface area (Å²) >= 11 is 0. The van der Waals surface area contributed by atoms with E-state index < -0.39 is 5.54 Å². The Morgan fingerprint density at radius 3 is 2.32 bits per heavy atom. The molecule has 3 N–H and O–H groups in total. The van der Waals surface area contributed by atoms with E-state index in [9.17, 15) is 4.79 Å². The molecule has 0 spiro atoms. The van der Waals surface area contributed by atoms with E-state index in [1.54, 1.807) is 0 Å². The van der Waals surface area contributed by atoms with Crippen molar-refractivity contribution in [3.8, 4) is 0 Å². The lowest BCUT2D eigenvalue weighted by molar-refractivity contribution is -0.126. The van der Waals surface area contributed by atoms with Gasteiger partial charge in [0.15, 0.2) is 0 Å². The van der Waals surface area contributed by atoms with Crippen LogP contribution in [0.15, 0.2) is 0 Å². The van der Waals surface area contributed by atoms with Gasteiger partial charge in [-0.1, -0.05) is 32.1 Å². The van der Waals surface area contributed by atoms with Crippen LogP contribution >= 0.6 is 24.8 Å². The smallest absolute Gasteiger partial charge is 0.240 e. The molecule has 0 aliphatic heterocycles. The van der Waals surface area contributed by atoms with Gasteiger partial charge in [-0.05, 0) is 45.7 Å². The van der Waals surface area contributed by atoms with Gasteiger partial charge in [-0.25, -0.2) is 0 Å². The third kappa shape index (κ3) is 6.23. The summed E-state index contributed by atoms with van der Waals surface area (Å²) in [5.74, 6) is 0.0651. The first-order valence-corrected chi connectivity index (χ1v) is 8.39. The van der Waals surface area contributed by atoms with E-state index in [1.807, 2.05) is 0 Å². The summed E-state index contributed by atoms with van der Waals surface area (Å²) in [5, 5.41) is 3.03. The molecule has 0 aromatic rings. The maximum atomic E-state index is 12.1. The normalized spacial score (nSPS) is 21.0. The second kappa shape index (κ2) is 10.7. The highest BCUT2D eigenvalue weighted by Crippen LogP contribution is 2.27. The van der Waals surface area contributed by atoms with E-state index in [1.165, 1.54) is 32.1 Å². The number of hydrogen-bond donors (Lipinski definition) is 2. The Bertz CT molecular complexity index is 317. The van der Waals surface area contributed by atoms with E-state index in [-0.39, 0.29) is 30.7 Å². The van der Waals surface area contributed by atoms with Crippen LogP contribution < -0.4 is 11.1 Å². The molecule has 0 aromatic carbocycles. The lowest BCUT2D eigenvalue weighted by atomic mass is 9.94. The molecule has 2 aliphatic rings. The molecular weight excluding hydrogens is 321 g/mol. The minimum atomic E-state index is -0.574. The van der Waals surface area contributed by atoms with Gasteiger partial charge in [0.2, 0.25) is 5.91 Å². The molecule has 0 aromatic heterocycles. The molecule has 1 amide bonds. The van der Waals surface area contributed by atoms with Gasteiger partial charge in [0.1, 0.15) is 0 Å². The quantitative estimate of drug-likeness (QED) is 0.721. The zero-order valence-electron chi connectivity index (χ0n) is 13.8. The molecule has 132 valence electrons. The van der Waals surface area contributed by atoms with Gasteiger partial charge in [0.25, 0.3) is 0 Å². The molecule has 0 saturated heterocycles. The number of amides is 1. The largest absolute Gasteiger partial charge is 0.354 e. The van der Waals surface area contributed by atoms with Crippen molar-refractivity contribution < 1.29 is 4.79 Å². The van der Waals surface area contributed by atoms with Gasteiger partial charge in [-0.3, -0.25) is 4.79 Å². The summed E-state index contributed by atoms with van der Waals surface area (Å²) in [6.07, 6.45) is 11.7. The van der Waals surface area contributed by atoms with Crippen molar-refractivity contribution in [1.29, 1.82) is 0 Å². The number of carbonyl (C=O) groups excluding carboxylic acids is 1. The minimum Gasteiger partial charge on any atom is -0.354 e. The molecule has 0 bridgehead atoms. The minimum absolute atomic E-state index is 0. The van der Waals surface area contributed by atoms with Crippen LogP contribution in [-0.2, 0) is 4.79 Å². The Hall–Kier alpha value is -0.0300. The molecule has 2 saturated carbocycles. The van der Waals surface area contributed by atoms with Crippen LogP contribution in [0.4, 0.5) is 0 Å². The van der Waals surface area contributed by atoms with Crippen molar-refractivity contribution in [3.63, 3.8) is 0 Å². The number of nitrogens with two attached hydrogens (primary N) is 1. The first kappa shape index (κ1) is 22.0. The van der Waals surface area contributed by atoms with Gasteiger partial charge >= 0.3 is 0 Å². The first-order valence-electron chi connectivity index (χ1n) is 8.39. The molecule has 22 heavy (non-hydrogen) atoms. The summed E-state index contributed by atoms with van der Waals surface area (Å²) in [5.41, 5.74) is 5.56. The number of halogens is 2. The average Bonchev–Trinajstić information content (AvgIpc) is 2.92. The standard InChI is InChI=1S/C16H31N3O.2ClH/c1-19(14-8-3-2-4-9-14)13-7-12-18-15(20)16(17)10-5-6-11-16;;/h14H,2-13,17H2,1H3,(H,18,20);2*1H.